The van der Waals surface area contributed by atoms with Crippen molar-refractivity contribution >= 4 is 11.9 Å². The Bertz CT molecular complexity index is 298. The summed E-state index contributed by atoms with van der Waals surface area (Å²) >= 11 is 0. The molecule has 0 saturated heterocycles. The third-order valence-corrected chi connectivity index (χ3v) is 4.45. The molecule has 0 aromatic rings. The van der Waals surface area contributed by atoms with Crippen molar-refractivity contribution in [3.8, 4) is 0 Å². The summed E-state index contributed by atoms with van der Waals surface area (Å²) in [5.41, 5.74) is 0. The molecule has 4 nitrogen and oxygen atoms in total. The Hall–Kier alpha value is -0.554. The summed E-state index contributed by atoms with van der Waals surface area (Å²) in [5.74, 6) is -1.88. The van der Waals surface area contributed by atoms with Gasteiger partial charge in [-0.15, -0.1) is 0 Å². The van der Waals surface area contributed by atoms with Crippen molar-refractivity contribution in [1.82, 2.24) is 0 Å². The van der Waals surface area contributed by atoms with Gasteiger partial charge >= 0.3 is 16.8 Å². The number of carbonyl (C=O) groups is 2. The van der Waals surface area contributed by atoms with Gasteiger partial charge in [-0.25, -0.2) is 0 Å². The van der Waals surface area contributed by atoms with Crippen LogP contribution in [0, 0.1) is 23.7 Å². The second-order valence-electron chi connectivity index (χ2n) is 7.33. The SMILES string of the molecule is CCCCCC(C(=O)[O-])C(C)C.CCCCCC(C(=O)[O-])C(C)C.[Co+2]. The van der Waals surface area contributed by atoms with Crippen molar-refractivity contribution < 1.29 is 36.6 Å². The standard InChI is InChI=1S/2C10H20O2.Co/c2*1-4-5-6-7-9(8(2)3)10(11)12;/h2*8-9H,4-7H2,1-3H3,(H,11,12);/q;;+2/p-2. The fraction of sp³-hybridized carbons (Fsp3) is 0.900. The first-order valence-corrected chi connectivity index (χ1v) is 9.60. The molecule has 1 radical (unpaired) electrons. The van der Waals surface area contributed by atoms with Crippen molar-refractivity contribution in [2.75, 3.05) is 0 Å². The fourth-order valence-corrected chi connectivity index (χ4v) is 2.68. The van der Waals surface area contributed by atoms with Crippen molar-refractivity contribution in [2.24, 2.45) is 23.7 Å². The van der Waals surface area contributed by atoms with E-state index in [2.05, 4.69) is 13.8 Å². The molecule has 2 unspecified atom stereocenters. The number of aliphatic carboxylic acids is 2. The third kappa shape index (κ3) is 16.7. The number of unbranched alkanes of at least 4 members (excludes halogenated alkanes) is 4. The van der Waals surface area contributed by atoms with Crippen LogP contribution in [0.4, 0.5) is 0 Å². The van der Waals surface area contributed by atoms with Crippen LogP contribution in [0.25, 0.3) is 0 Å². The Labute approximate surface area is 165 Å². The summed E-state index contributed by atoms with van der Waals surface area (Å²) in [6.07, 6.45) is 8.07. The molecule has 2 atom stereocenters. The van der Waals surface area contributed by atoms with Crippen LogP contribution >= 0.6 is 0 Å². The molecule has 0 aromatic heterocycles. The van der Waals surface area contributed by atoms with Gasteiger partial charge < -0.3 is 19.8 Å². The predicted octanol–water partition coefficient (Wildman–Crippen LogP) is 3.18. The number of carbonyl (C=O) groups excluding carboxylic acids is 2. The molecule has 0 aliphatic rings. The molecule has 0 spiro atoms. The minimum Gasteiger partial charge on any atom is -0.550 e. The second-order valence-corrected chi connectivity index (χ2v) is 7.33. The minimum atomic E-state index is -0.888. The Morgan fingerprint density at radius 1 is 0.680 bits per heavy atom. The summed E-state index contributed by atoms with van der Waals surface area (Å²) in [6.45, 7) is 12.0. The molecule has 0 fully saturated rings. The molecule has 5 heteroatoms. The summed E-state index contributed by atoms with van der Waals surface area (Å²) in [7, 11) is 0. The maximum absolute atomic E-state index is 10.6. The molecule has 0 aliphatic heterocycles. The molecule has 0 aromatic carbocycles. The molecule has 0 bridgehead atoms. The Kier molecular flexibility index (Phi) is 21.3. The van der Waals surface area contributed by atoms with E-state index in [1.165, 1.54) is 0 Å². The van der Waals surface area contributed by atoms with E-state index in [1.54, 1.807) is 0 Å². The van der Waals surface area contributed by atoms with E-state index in [4.69, 9.17) is 0 Å². The quantitative estimate of drug-likeness (QED) is 0.471. The molecular formula is C20H38CoO4. The van der Waals surface area contributed by atoms with Gasteiger partial charge in [0.1, 0.15) is 0 Å². The predicted molar refractivity (Wildman–Crippen MR) is 95.0 cm³/mol. The molecule has 0 heterocycles. The van der Waals surface area contributed by atoms with Gasteiger partial charge in [0.25, 0.3) is 0 Å². The number of carboxylic acids is 2. The van der Waals surface area contributed by atoms with Crippen LogP contribution in [0.1, 0.15) is 92.9 Å². The molecule has 0 amide bonds. The van der Waals surface area contributed by atoms with Crippen molar-refractivity contribution in [3.63, 3.8) is 0 Å². The van der Waals surface area contributed by atoms with Gasteiger partial charge in [0.2, 0.25) is 0 Å². The molecule has 0 N–H and O–H groups in total. The average molecular weight is 401 g/mol. The number of hydrogen-bond donors (Lipinski definition) is 0. The van der Waals surface area contributed by atoms with E-state index in [0.29, 0.717) is 0 Å². The first kappa shape index (κ1) is 29.2. The largest absolute Gasteiger partial charge is 2.00 e. The molecule has 151 valence electrons. The van der Waals surface area contributed by atoms with E-state index in [0.717, 1.165) is 51.4 Å². The van der Waals surface area contributed by atoms with Crippen LogP contribution in [0.5, 0.6) is 0 Å². The van der Waals surface area contributed by atoms with E-state index in [-0.39, 0.29) is 40.5 Å². The van der Waals surface area contributed by atoms with Crippen molar-refractivity contribution in [3.05, 3.63) is 0 Å². The third-order valence-electron chi connectivity index (χ3n) is 4.45. The Morgan fingerprint density at radius 2 is 0.960 bits per heavy atom. The minimum absolute atomic E-state index is 0. The zero-order valence-corrected chi connectivity index (χ0v) is 18.0. The van der Waals surface area contributed by atoms with E-state index in [9.17, 15) is 19.8 Å². The summed E-state index contributed by atoms with van der Waals surface area (Å²) < 4.78 is 0. The van der Waals surface area contributed by atoms with Crippen LogP contribution < -0.4 is 10.2 Å². The first-order chi connectivity index (χ1) is 11.2. The number of hydrogen-bond acceptors (Lipinski definition) is 4. The molecule has 0 aliphatic carbocycles. The molecular weight excluding hydrogens is 363 g/mol. The number of carboxylic acid groups (broad SMARTS) is 2. The molecule has 25 heavy (non-hydrogen) atoms. The van der Waals surface area contributed by atoms with Crippen molar-refractivity contribution in [1.29, 1.82) is 0 Å². The van der Waals surface area contributed by atoms with E-state index < -0.39 is 11.9 Å². The van der Waals surface area contributed by atoms with Gasteiger partial charge in [0.05, 0.1) is 0 Å². The fourth-order valence-electron chi connectivity index (χ4n) is 2.68. The van der Waals surface area contributed by atoms with Crippen LogP contribution in [-0.4, -0.2) is 11.9 Å². The molecule has 0 rings (SSSR count). The van der Waals surface area contributed by atoms with Gasteiger partial charge in [-0.1, -0.05) is 80.1 Å². The Balaban J connectivity index is -0.000000372. The van der Waals surface area contributed by atoms with Gasteiger partial charge in [-0.05, 0) is 24.7 Å². The van der Waals surface area contributed by atoms with Gasteiger partial charge in [-0.2, -0.15) is 0 Å². The monoisotopic (exact) mass is 401 g/mol. The second kappa shape index (κ2) is 18.2. The van der Waals surface area contributed by atoms with E-state index >= 15 is 0 Å². The van der Waals surface area contributed by atoms with Crippen molar-refractivity contribution in [2.45, 2.75) is 92.9 Å². The summed E-state index contributed by atoms with van der Waals surface area (Å²) in [4.78, 5) is 21.2. The average Bonchev–Trinajstić information content (AvgIpc) is 2.47. The van der Waals surface area contributed by atoms with Gasteiger partial charge in [0.15, 0.2) is 0 Å². The van der Waals surface area contributed by atoms with Crippen LogP contribution in [-0.2, 0) is 26.4 Å². The Morgan fingerprint density at radius 3 is 1.12 bits per heavy atom. The normalized spacial score (nSPS) is 12.8. The van der Waals surface area contributed by atoms with Crippen LogP contribution in [0.15, 0.2) is 0 Å². The maximum Gasteiger partial charge on any atom is 2.00 e. The maximum atomic E-state index is 10.6. The summed E-state index contributed by atoms with van der Waals surface area (Å²) in [5, 5.41) is 21.2. The number of rotatable bonds is 12. The topological polar surface area (TPSA) is 80.3 Å². The van der Waals surface area contributed by atoms with Gasteiger partial charge in [-0.3, -0.25) is 0 Å². The van der Waals surface area contributed by atoms with Crippen LogP contribution in [0.3, 0.4) is 0 Å². The first-order valence-electron chi connectivity index (χ1n) is 9.60. The van der Waals surface area contributed by atoms with Gasteiger partial charge in [0, 0.05) is 23.8 Å². The molecule has 0 saturated carbocycles. The smallest absolute Gasteiger partial charge is 0.550 e. The zero-order valence-electron chi connectivity index (χ0n) is 16.9. The zero-order chi connectivity index (χ0) is 19.1. The van der Waals surface area contributed by atoms with E-state index in [1.807, 2.05) is 27.7 Å². The van der Waals surface area contributed by atoms with Crippen LogP contribution in [0.2, 0.25) is 0 Å². The summed E-state index contributed by atoms with van der Waals surface area (Å²) in [6, 6.07) is 0.